The highest BCUT2D eigenvalue weighted by atomic mass is 127. The summed E-state index contributed by atoms with van der Waals surface area (Å²) in [6.07, 6.45) is -4.38. The molecule has 1 saturated heterocycles. The number of hydrogen-bond donors (Lipinski definition) is 3. The zero-order chi connectivity index (χ0) is 22.0. The highest BCUT2D eigenvalue weighted by Crippen LogP contribution is 2.19. The van der Waals surface area contributed by atoms with Gasteiger partial charge in [-0.15, -0.1) is 24.0 Å². The minimum Gasteiger partial charge on any atom is -0.484 e. The Bertz CT molecular complexity index is 684. The van der Waals surface area contributed by atoms with E-state index in [1.54, 1.807) is 19.1 Å². The predicted octanol–water partition coefficient (Wildman–Crippen LogP) is 2.38. The van der Waals surface area contributed by atoms with Crippen LogP contribution in [0.2, 0.25) is 0 Å². The maximum atomic E-state index is 12.3. The van der Waals surface area contributed by atoms with E-state index in [-0.39, 0.29) is 36.3 Å². The molecule has 31 heavy (non-hydrogen) atoms. The summed E-state index contributed by atoms with van der Waals surface area (Å²) in [4.78, 5) is 6.61. The molecule has 1 heterocycles. The topological polar surface area (TPSA) is 78.4 Å². The Labute approximate surface area is 198 Å². The average molecular weight is 560 g/mol. The highest BCUT2D eigenvalue weighted by molar-refractivity contribution is 14.0. The lowest BCUT2D eigenvalue weighted by Crippen LogP contribution is -2.52. The van der Waals surface area contributed by atoms with Crippen molar-refractivity contribution < 1.29 is 27.8 Å². The zero-order valence-electron chi connectivity index (χ0n) is 17.9. The van der Waals surface area contributed by atoms with Gasteiger partial charge in [0.15, 0.2) is 12.6 Å². The Morgan fingerprint density at radius 3 is 2.61 bits per heavy atom. The molecule has 0 aromatic heterocycles. The van der Waals surface area contributed by atoms with Crippen LogP contribution in [0.25, 0.3) is 0 Å². The number of hydrogen-bond acceptors (Lipinski definition) is 5. The van der Waals surface area contributed by atoms with Crippen LogP contribution in [0.15, 0.2) is 29.3 Å². The Morgan fingerprint density at radius 1 is 1.26 bits per heavy atom. The van der Waals surface area contributed by atoms with E-state index in [1.807, 2.05) is 6.92 Å². The molecule has 1 aliphatic heterocycles. The lowest BCUT2D eigenvalue weighted by molar-refractivity contribution is -0.153. The average Bonchev–Trinajstić information content (AvgIpc) is 2.69. The van der Waals surface area contributed by atoms with E-state index in [0.717, 1.165) is 13.1 Å². The molecule has 0 amide bonds. The fourth-order valence-electron chi connectivity index (χ4n) is 2.98. The number of aliphatic imine (C=N–C) groups is 1. The van der Waals surface area contributed by atoms with Crippen molar-refractivity contribution in [2.24, 2.45) is 4.99 Å². The number of morpholine rings is 1. The second kappa shape index (κ2) is 13.3. The van der Waals surface area contributed by atoms with Crippen molar-refractivity contribution in [2.45, 2.75) is 32.2 Å². The van der Waals surface area contributed by atoms with Crippen LogP contribution in [0.3, 0.4) is 0 Å². The number of rotatable bonds is 9. The van der Waals surface area contributed by atoms with Crippen LogP contribution in [-0.4, -0.2) is 80.3 Å². The second-order valence-corrected chi connectivity index (χ2v) is 7.49. The van der Waals surface area contributed by atoms with Crippen molar-refractivity contribution in [1.29, 1.82) is 0 Å². The normalized spacial score (nSPS) is 17.4. The van der Waals surface area contributed by atoms with Gasteiger partial charge in [0.2, 0.25) is 0 Å². The number of aliphatic hydroxyl groups is 1. The number of guanidine groups is 1. The van der Waals surface area contributed by atoms with Crippen molar-refractivity contribution in [3.05, 3.63) is 29.8 Å². The van der Waals surface area contributed by atoms with E-state index < -0.39 is 18.4 Å². The van der Waals surface area contributed by atoms with E-state index in [4.69, 9.17) is 9.47 Å². The number of ether oxygens (including phenoxy) is 2. The number of halogens is 4. The van der Waals surface area contributed by atoms with E-state index in [1.165, 1.54) is 12.1 Å². The van der Waals surface area contributed by atoms with Gasteiger partial charge in [0.25, 0.3) is 0 Å². The molecule has 1 aromatic rings. The molecule has 7 nitrogen and oxygen atoms in total. The molecule has 0 aliphatic carbocycles. The first-order valence-corrected chi connectivity index (χ1v) is 10.00. The van der Waals surface area contributed by atoms with Crippen LogP contribution in [0.4, 0.5) is 13.2 Å². The van der Waals surface area contributed by atoms with Gasteiger partial charge >= 0.3 is 6.18 Å². The number of nitrogens with one attached hydrogen (secondary N) is 2. The predicted molar refractivity (Wildman–Crippen MR) is 124 cm³/mol. The molecule has 0 saturated carbocycles. The van der Waals surface area contributed by atoms with Gasteiger partial charge in [0.05, 0.1) is 25.4 Å². The van der Waals surface area contributed by atoms with Gasteiger partial charge in [0, 0.05) is 32.7 Å². The van der Waals surface area contributed by atoms with Gasteiger partial charge in [-0.2, -0.15) is 13.2 Å². The van der Waals surface area contributed by atoms with Gasteiger partial charge in [-0.05, 0) is 31.5 Å². The van der Waals surface area contributed by atoms with Crippen molar-refractivity contribution in [3.8, 4) is 5.75 Å². The molecule has 1 fully saturated rings. The zero-order valence-corrected chi connectivity index (χ0v) is 20.2. The fraction of sp³-hybridized carbons (Fsp3) is 0.650. The van der Waals surface area contributed by atoms with Crippen molar-refractivity contribution in [3.63, 3.8) is 0 Å². The van der Waals surface area contributed by atoms with Crippen LogP contribution < -0.4 is 15.4 Å². The van der Waals surface area contributed by atoms with Gasteiger partial charge < -0.3 is 25.2 Å². The quantitative estimate of drug-likeness (QED) is 0.245. The minimum absolute atomic E-state index is 0. The van der Waals surface area contributed by atoms with Crippen LogP contribution in [0, 0.1) is 0 Å². The Kier molecular flexibility index (Phi) is 11.9. The molecular weight excluding hydrogens is 528 g/mol. The van der Waals surface area contributed by atoms with Crippen molar-refractivity contribution in [1.82, 2.24) is 15.5 Å². The summed E-state index contributed by atoms with van der Waals surface area (Å²) in [5.41, 5.74) is -0.245. The van der Waals surface area contributed by atoms with Gasteiger partial charge in [0.1, 0.15) is 5.75 Å². The Hall–Kier alpha value is -1.31. The SMILES string of the molecule is CCNC(=NCc1cccc(OCC(F)(F)F)c1)NCC(C)(O)CN1CCOCC1.I. The Morgan fingerprint density at radius 2 is 1.97 bits per heavy atom. The van der Waals surface area contributed by atoms with Crippen molar-refractivity contribution >= 4 is 29.9 Å². The maximum absolute atomic E-state index is 12.3. The van der Waals surface area contributed by atoms with Crippen LogP contribution in [0.5, 0.6) is 5.75 Å². The van der Waals surface area contributed by atoms with Gasteiger partial charge in [-0.3, -0.25) is 4.90 Å². The molecule has 1 aliphatic rings. The van der Waals surface area contributed by atoms with Crippen LogP contribution in [0.1, 0.15) is 19.4 Å². The molecule has 0 spiro atoms. The molecule has 2 rings (SSSR count). The van der Waals surface area contributed by atoms with E-state index in [0.29, 0.717) is 44.4 Å². The lowest BCUT2D eigenvalue weighted by Gasteiger charge is -2.34. The van der Waals surface area contributed by atoms with E-state index in [9.17, 15) is 18.3 Å². The highest BCUT2D eigenvalue weighted by Gasteiger charge is 2.28. The smallest absolute Gasteiger partial charge is 0.422 e. The molecule has 0 bridgehead atoms. The third kappa shape index (κ3) is 11.8. The van der Waals surface area contributed by atoms with E-state index >= 15 is 0 Å². The second-order valence-electron chi connectivity index (χ2n) is 7.49. The minimum atomic E-state index is -4.38. The number of β-amino-alcohol motifs (C(OH)–C–C–N with tert-alkyl or cyclic N) is 1. The maximum Gasteiger partial charge on any atom is 0.422 e. The summed E-state index contributed by atoms with van der Waals surface area (Å²) in [5.74, 6) is 0.660. The first-order chi connectivity index (χ1) is 14.2. The van der Waals surface area contributed by atoms with Crippen LogP contribution in [-0.2, 0) is 11.3 Å². The summed E-state index contributed by atoms with van der Waals surface area (Å²) < 4.78 is 47.1. The molecule has 0 radical (unpaired) electrons. The monoisotopic (exact) mass is 560 g/mol. The third-order valence-corrected chi connectivity index (χ3v) is 4.37. The van der Waals surface area contributed by atoms with Gasteiger partial charge in [-0.1, -0.05) is 12.1 Å². The fourth-order valence-corrected chi connectivity index (χ4v) is 2.98. The lowest BCUT2D eigenvalue weighted by atomic mass is 10.1. The summed E-state index contributed by atoms with van der Waals surface area (Å²) in [5, 5.41) is 16.9. The number of alkyl halides is 3. The number of benzene rings is 1. The standard InChI is InChI=1S/C20H31F3N4O3.HI/c1-3-24-18(26-13-19(2,28)14-27-7-9-29-10-8-27)25-12-16-5-4-6-17(11-16)30-15-20(21,22)23;/h4-6,11,28H,3,7-10,12-15H2,1-2H3,(H2,24,25,26);1H. The first-order valence-electron chi connectivity index (χ1n) is 10.00. The molecule has 11 heteroatoms. The third-order valence-electron chi connectivity index (χ3n) is 4.37. The molecule has 178 valence electrons. The summed E-state index contributed by atoms with van der Waals surface area (Å²) >= 11 is 0. The molecular formula is C20H32F3IN4O3. The summed E-state index contributed by atoms with van der Waals surface area (Å²) in [6.45, 7) is 6.97. The number of nitrogens with zero attached hydrogens (tertiary/aromatic N) is 2. The van der Waals surface area contributed by atoms with Gasteiger partial charge in [-0.25, -0.2) is 4.99 Å². The first kappa shape index (κ1) is 27.7. The molecule has 1 aromatic carbocycles. The molecule has 1 atom stereocenters. The largest absolute Gasteiger partial charge is 0.484 e. The summed E-state index contributed by atoms with van der Waals surface area (Å²) in [7, 11) is 0. The molecule has 1 unspecified atom stereocenters. The van der Waals surface area contributed by atoms with Crippen LogP contribution >= 0.6 is 24.0 Å². The molecule has 3 N–H and O–H groups in total. The summed E-state index contributed by atoms with van der Waals surface area (Å²) in [6, 6.07) is 6.41. The van der Waals surface area contributed by atoms with Crippen molar-refractivity contribution in [2.75, 3.05) is 52.5 Å². The van der Waals surface area contributed by atoms with E-state index in [2.05, 4.69) is 20.5 Å². The Balaban J connectivity index is 0.00000480.